The van der Waals surface area contributed by atoms with Crippen LogP contribution in [0.15, 0.2) is 24.3 Å². The van der Waals surface area contributed by atoms with E-state index in [1.165, 1.54) is 12.0 Å². The van der Waals surface area contributed by atoms with E-state index < -0.39 is 35.6 Å². The highest BCUT2D eigenvalue weighted by molar-refractivity contribution is 5.92. The Kier molecular flexibility index (Phi) is 3.80. The minimum atomic E-state index is -1.48. The first-order chi connectivity index (χ1) is 11.2. The molecule has 7 nitrogen and oxygen atoms in total. The van der Waals surface area contributed by atoms with E-state index in [-0.39, 0.29) is 6.42 Å². The number of hydrogen-bond donors (Lipinski definition) is 1. The third-order valence-electron chi connectivity index (χ3n) is 4.12. The number of nitrogens with zero attached hydrogens (tertiary/aromatic N) is 1. The van der Waals surface area contributed by atoms with Gasteiger partial charge in [-0.15, -0.1) is 0 Å². The van der Waals surface area contributed by atoms with Gasteiger partial charge in [0.25, 0.3) is 0 Å². The van der Waals surface area contributed by atoms with Crippen LogP contribution in [0.3, 0.4) is 0 Å². The van der Waals surface area contributed by atoms with E-state index in [9.17, 15) is 14.7 Å². The number of benzene rings is 1. The van der Waals surface area contributed by atoms with Gasteiger partial charge in [-0.2, -0.15) is 0 Å². The number of para-hydroxylation sites is 1. The average Bonchev–Trinajstić information content (AvgIpc) is 2.94. The van der Waals surface area contributed by atoms with Crippen LogP contribution in [0.5, 0.6) is 0 Å². The molecule has 0 radical (unpaired) electrons. The number of carbonyl (C=O) groups is 2. The van der Waals surface area contributed by atoms with E-state index in [1.807, 2.05) is 0 Å². The van der Waals surface area contributed by atoms with Gasteiger partial charge in [-0.05, 0) is 26.8 Å². The van der Waals surface area contributed by atoms with Crippen LogP contribution in [-0.4, -0.2) is 42.2 Å². The Bertz CT molecular complexity index is 682. The van der Waals surface area contributed by atoms with Gasteiger partial charge in [0.2, 0.25) is 0 Å². The van der Waals surface area contributed by atoms with Crippen LogP contribution in [0, 0.1) is 0 Å². The quantitative estimate of drug-likeness (QED) is 0.789. The van der Waals surface area contributed by atoms with Gasteiger partial charge in [-0.1, -0.05) is 18.2 Å². The zero-order valence-corrected chi connectivity index (χ0v) is 14.1. The molecule has 0 aliphatic carbocycles. The van der Waals surface area contributed by atoms with Gasteiger partial charge in [0, 0.05) is 12.0 Å². The van der Waals surface area contributed by atoms with E-state index >= 15 is 0 Å². The van der Waals surface area contributed by atoms with Gasteiger partial charge in [0.1, 0.15) is 11.2 Å². The molecular formula is C17H21NO6. The lowest BCUT2D eigenvalue weighted by atomic mass is 9.91. The zero-order chi connectivity index (χ0) is 17.7. The fourth-order valence-electron chi connectivity index (χ4n) is 3.17. The summed E-state index contributed by atoms with van der Waals surface area (Å²) >= 11 is 0. The second kappa shape index (κ2) is 5.46. The maximum Gasteiger partial charge on any atom is 0.417 e. The van der Waals surface area contributed by atoms with Crippen molar-refractivity contribution in [2.24, 2.45) is 0 Å². The summed E-state index contributed by atoms with van der Waals surface area (Å²) < 4.78 is 15.8. The van der Waals surface area contributed by atoms with Gasteiger partial charge in [-0.25, -0.2) is 14.5 Å². The molecule has 0 spiro atoms. The lowest BCUT2D eigenvalue weighted by Crippen LogP contribution is -2.47. The monoisotopic (exact) mass is 335 g/mol. The normalized spacial score (nSPS) is 28.3. The molecular weight excluding hydrogens is 314 g/mol. The molecule has 1 fully saturated rings. The molecule has 1 N–H and O–H groups in total. The average molecular weight is 335 g/mol. The summed E-state index contributed by atoms with van der Waals surface area (Å²) in [6.45, 7) is 5.27. The molecule has 3 rings (SSSR count). The molecule has 1 aromatic carbocycles. The maximum absolute atomic E-state index is 12.7. The van der Waals surface area contributed by atoms with Gasteiger partial charge in [0.15, 0.2) is 12.3 Å². The summed E-state index contributed by atoms with van der Waals surface area (Å²) in [4.78, 5) is 25.7. The van der Waals surface area contributed by atoms with Crippen LogP contribution in [-0.2, 0) is 24.6 Å². The number of carbonyl (C=O) groups excluding carboxylic acids is 2. The molecule has 24 heavy (non-hydrogen) atoms. The highest BCUT2D eigenvalue weighted by Crippen LogP contribution is 2.51. The molecule has 0 saturated carbocycles. The lowest BCUT2D eigenvalue weighted by Gasteiger charge is -2.29. The van der Waals surface area contributed by atoms with E-state index in [0.29, 0.717) is 11.3 Å². The molecule has 1 amide bonds. The number of rotatable bonds is 1. The maximum atomic E-state index is 12.7. The van der Waals surface area contributed by atoms with Crippen molar-refractivity contribution in [1.82, 2.24) is 0 Å². The van der Waals surface area contributed by atoms with Crippen molar-refractivity contribution >= 4 is 17.7 Å². The standard InChI is InChI=1S/C17H21NO6/c1-16(2,3)24-15(20)18-11-8-6-5-7-10(11)17(21)9-12(13(19)22-4)23-14(17)18/h5-8,12,14,21H,9H2,1-4H3/t12-,14?,17?/m0/s1. The molecule has 2 aliphatic rings. The van der Waals surface area contributed by atoms with Crippen LogP contribution in [0.4, 0.5) is 10.5 Å². The molecule has 2 unspecified atom stereocenters. The number of fused-ring (bicyclic) bond motifs is 3. The molecule has 2 aliphatic heterocycles. The smallest absolute Gasteiger partial charge is 0.417 e. The summed E-state index contributed by atoms with van der Waals surface area (Å²) in [5.74, 6) is -0.584. The van der Waals surface area contributed by atoms with Crippen molar-refractivity contribution < 1.29 is 28.9 Å². The van der Waals surface area contributed by atoms with E-state index in [0.717, 1.165) is 0 Å². The number of aliphatic hydroxyl groups is 1. The highest BCUT2D eigenvalue weighted by atomic mass is 16.6. The Labute approximate surface area is 140 Å². The van der Waals surface area contributed by atoms with Gasteiger partial charge >= 0.3 is 12.1 Å². The fourth-order valence-corrected chi connectivity index (χ4v) is 3.17. The van der Waals surface area contributed by atoms with Crippen LogP contribution >= 0.6 is 0 Å². The number of ether oxygens (including phenoxy) is 3. The number of hydrogen-bond acceptors (Lipinski definition) is 6. The Balaban J connectivity index is 2.00. The third-order valence-corrected chi connectivity index (χ3v) is 4.12. The second-order valence-electron chi connectivity index (χ2n) is 7.00. The van der Waals surface area contributed by atoms with Crippen LogP contribution in [0.1, 0.15) is 32.8 Å². The number of amides is 1. The molecule has 1 saturated heterocycles. The minimum Gasteiger partial charge on any atom is -0.467 e. The summed E-state index contributed by atoms with van der Waals surface area (Å²) in [7, 11) is 1.25. The number of esters is 1. The van der Waals surface area contributed by atoms with E-state index in [1.54, 1.807) is 45.0 Å². The first kappa shape index (κ1) is 16.7. The minimum absolute atomic E-state index is 0.0145. The SMILES string of the molecule is COC(=O)[C@@H]1CC2(O)c3ccccc3N(C(=O)OC(C)(C)C)C2O1. The van der Waals surface area contributed by atoms with Crippen LogP contribution in [0.2, 0.25) is 0 Å². The lowest BCUT2D eigenvalue weighted by molar-refractivity contribution is -0.153. The Hall–Kier alpha value is -2.12. The van der Waals surface area contributed by atoms with E-state index in [2.05, 4.69) is 0 Å². The third kappa shape index (κ3) is 2.53. The van der Waals surface area contributed by atoms with Crippen molar-refractivity contribution in [2.45, 2.75) is 50.7 Å². The van der Waals surface area contributed by atoms with Crippen molar-refractivity contribution in [3.63, 3.8) is 0 Å². The predicted octanol–water partition coefficient (Wildman–Crippen LogP) is 1.92. The molecule has 7 heteroatoms. The Morgan fingerprint density at radius 1 is 1.33 bits per heavy atom. The first-order valence-corrected chi connectivity index (χ1v) is 7.75. The first-order valence-electron chi connectivity index (χ1n) is 7.75. The molecule has 130 valence electrons. The predicted molar refractivity (Wildman–Crippen MR) is 84.3 cm³/mol. The molecule has 0 aromatic heterocycles. The number of methoxy groups -OCH3 is 1. The molecule has 3 atom stereocenters. The topological polar surface area (TPSA) is 85.3 Å². The summed E-state index contributed by atoms with van der Waals surface area (Å²) in [6.07, 6.45) is -2.60. The van der Waals surface area contributed by atoms with Crippen LogP contribution < -0.4 is 4.90 Å². The van der Waals surface area contributed by atoms with Crippen molar-refractivity contribution in [3.8, 4) is 0 Å². The largest absolute Gasteiger partial charge is 0.467 e. The zero-order valence-electron chi connectivity index (χ0n) is 14.1. The Morgan fingerprint density at radius 3 is 2.62 bits per heavy atom. The molecule has 2 heterocycles. The number of anilines is 1. The van der Waals surface area contributed by atoms with Gasteiger partial charge in [-0.3, -0.25) is 0 Å². The summed E-state index contributed by atoms with van der Waals surface area (Å²) in [5.41, 5.74) is -1.13. The second-order valence-corrected chi connectivity index (χ2v) is 7.00. The summed E-state index contributed by atoms with van der Waals surface area (Å²) in [5, 5.41) is 11.1. The Morgan fingerprint density at radius 2 is 2.00 bits per heavy atom. The van der Waals surface area contributed by atoms with Gasteiger partial charge < -0.3 is 19.3 Å². The van der Waals surface area contributed by atoms with Crippen LogP contribution in [0.25, 0.3) is 0 Å². The van der Waals surface area contributed by atoms with Gasteiger partial charge in [0.05, 0.1) is 12.8 Å². The fraction of sp³-hybridized carbons (Fsp3) is 0.529. The van der Waals surface area contributed by atoms with Crippen molar-refractivity contribution in [3.05, 3.63) is 29.8 Å². The van der Waals surface area contributed by atoms with E-state index in [4.69, 9.17) is 14.2 Å². The van der Waals surface area contributed by atoms with Crippen molar-refractivity contribution in [1.29, 1.82) is 0 Å². The van der Waals surface area contributed by atoms with Crippen molar-refractivity contribution in [2.75, 3.05) is 12.0 Å². The summed E-state index contributed by atoms with van der Waals surface area (Å²) in [6, 6.07) is 6.96. The molecule has 1 aromatic rings. The molecule has 0 bridgehead atoms. The highest BCUT2D eigenvalue weighted by Gasteiger charge is 2.61.